The second kappa shape index (κ2) is 4.44. The first-order valence-corrected chi connectivity index (χ1v) is 5.36. The van der Waals surface area contributed by atoms with Crippen LogP contribution in [0.2, 0.25) is 0 Å². The fourth-order valence-corrected chi connectivity index (χ4v) is 1.74. The summed E-state index contributed by atoms with van der Waals surface area (Å²) in [6.45, 7) is 0.509. The molecule has 1 heterocycles. The zero-order valence-corrected chi connectivity index (χ0v) is 9.79. The van der Waals surface area contributed by atoms with E-state index in [0.29, 0.717) is 6.54 Å². The molecule has 0 unspecified atom stereocenters. The van der Waals surface area contributed by atoms with Crippen LogP contribution in [-0.4, -0.2) is 14.7 Å². The molecule has 16 heavy (non-hydrogen) atoms. The third kappa shape index (κ3) is 2.27. The van der Waals surface area contributed by atoms with Gasteiger partial charge in [0.15, 0.2) is 0 Å². The third-order valence-corrected chi connectivity index (χ3v) is 2.89. The predicted octanol–water partition coefficient (Wildman–Crippen LogP) is 2.60. The number of hydrogen-bond acceptors (Lipinski definition) is 3. The molecule has 0 spiro atoms. The molecule has 0 atom stereocenters. The van der Waals surface area contributed by atoms with E-state index in [1.54, 1.807) is 0 Å². The van der Waals surface area contributed by atoms with E-state index in [4.69, 9.17) is 0 Å². The highest BCUT2D eigenvalue weighted by Crippen LogP contribution is 2.17. The van der Waals surface area contributed by atoms with Crippen molar-refractivity contribution in [3.8, 4) is 0 Å². The molecule has 1 aromatic heterocycles. The number of halogens is 1. The molecule has 82 valence electrons. The van der Waals surface area contributed by atoms with Crippen LogP contribution < -0.4 is 0 Å². The van der Waals surface area contributed by atoms with Crippen molar-refractivity contribution in [3.63, 3.8) is 0 Å². The van der Waals surface area contributed by atoms with Crippen LogP contribution in [0, 0.1) is 10.1 Å². The van der Waals surface area contributed by atoms with E-state index in [1.165, 1.54) is 17.1 Å². The first-order valence-electron chi connectivity index (χ1n) is 4.57. The van der Waals surface area contributed by atoms with E-state index >= 15 is 0 Å². The average molecular weight is 282 g/mol. The summed E-state index contributed by atoms with van der Waals surface area (Å²) in [7, 11) is 0. The van der Waals surface area contributed by atoms with Crippen LogP contribution in [0.5, 0.6) is 0 Å². The molecular weight excluding hydrogens is 274 g/mol. The Balaban J connectivity index is 2.21. The summed E-state index contributed by atoms with van der Waals surface area (Å²) in [4.78, 5) is 10.0. The zero-order valence-electron chi connectivity index (χ0n) is 8.21. The SMILES string of the molecule is O=[N+]([O-])c1cnn(Cc2ccccc2Br)c1. The van der Waals surface area contributed by atoms with Crippen molar-refractivity contribution in [2.45, 2.75) is 6.54 Å². The van der Waals surface area contributed by atoms with Gasteiger partial charge in [0.05, 0.1) is 11.5 Å². The maximum absolute atomic E-state index is 10.5. The molecule has 0 aliphatic rings. The Labute approximate surface area is 100.0 Å². The molecule has 0 amide bonds. The molecule has 0 fully saturated rings. The van der Waals surface area contributed by atoms with E-state index in [1.807, 2.05) is 24.3 Å². The highest BCUT2D eigenvalue weighted by atomic mass is 79.9. The second-order valence-electron chi connectivity index (χ2n) is 3.24. The minimum absolute atomic E-state index is 0.00653. The summed E-state index contributed by atoms with van der Waals surface area (Å²) in [5.74, 6) is 0. The molecule has 0 saturated carbocycles. The number of benzene rings is 1. The molecule has 0 N–H and O–H groups in total. The smallest absolute Gasteiger partial charge is 0.261 e. The fraction of sp³-hybridized carbons (Fsp3) is 0.100. The molecule has 0 saturated heterocycles. The van der Waals surface area contributed by atoms with Gasteiger partial charge in [-0.3, -0.25) is 14.8 Å². The van der Waals surface area contributed by atoms with E-state index in [-0.39, 0.29) is 5.69 Å². The Hall–Kier alpha value is -1.69. The largest absolute Gasteiger partial charge is 0.307 e. The van der Waals surface area contributed by atoms with Gasteiger partial charge in [-0.2, -0.15) is 5.10 Å². The van der Waals surface area contributed by atoms with Gasteiger partial charge in [-0.25, -0.2) is 0 Å². The van der Waals surface area contributed by atoms with Gasteiger partial charge in [0, 0.05) is 4.47 Å². The van der Waals surface area contributed by atoms with Gasteiger partial charge in [-0.15, -0.1) is 0 Å². The Kier molecular flexibility index (Phi) is 3.00. The summed E-state index contributed by atoms with van der Waals surface area (Å²) in [6.07, 6.45) is 2.66. The van der Waals surface area contributed by atoms with Crippen molar-refractivity contribution in [2.24, 2.45) is 0 Å². The van der Waals surface area contributed by atoms with E-state index in [9.17, 15) is 10.1 Å². The Bertz CT molecular complexity index is 524. The minimum atomic E-state index is -0.455. The van der Waals surface area contributed by atoms with E-state index < -0.39 is 4.92 Å². The Morgan fingerprint density at radius 2 is 2.19 bits per heavy atom. The Morgan fingerprint density at radius 3 is 2.81 bits per heavy atom. The summed E-state index contributed by atoms with van der Waals surface area (Å²) in [5.41, 5.74) is 1.03. The van der Waals surface area contributed by atoms with Gasteiger partial charge >= 0.3 is 5.69 Å². The minimum Gasteiger partial charge on any atom is -0.261 e. The van der Waals surface area contributed by atoms with Crippen molar-refractivity contribution in [3.05, 3.63) is 56.8 Å². The number of hydrogen-bond donors (Lipinski definition) is 0. The lowest BCUT2D eigenvalue weighted by Crippen LogP contribution is -2.00. The number of aromatic nitrogens is 2. The van der Waals surface area contributed by atoms with Crippen molar-refractivity contribution in [2.75, 3.05) is 0 Å². The Morgan fingerprint density at radius 1 is 1.44 bits per heavy atom. The van der Waals surface area contributed by atoms with Crippen LogP contribution in [0.15, 0.2) is 41.1 Å². The maximum Gasteiger partial charge on any atom is 0.307 e. The maximum atomic E-state index is 10.5. The summed E-state index contributed by atoms with van der Waals surface area (Å²) < 4.78 is 2.51. The van der Waals surface area contributed by atoms with Crippen molar-refractivity contribution in [1.82, 2.24) is 9.78 Å². The van der Waals surface area contributed by atoms with Gasteiger partial charge in [-0.1, -0.05) is 34.1 Å². The van der Waals surface area contributed by atoms with Crippen molar-refractivity contribution < 1.29 is 4.92 Å². The molecule has 2 aromatic rings. The van der Waals surface area contributed by atoms with Crippen LogP contribution >= 0.6 is 15.9 Å². The topological polar surface area (TPSA) is 61.0 Å². The zero-order chi connectivity index (χ0) is 11.5. The molecule has 1 aromatic carbocycles. The van der Waals surface area contributed by atoms with Crippen LogP contribution in [0.4, 0.5) is 5.69 Å². The third-order valence-electron chi connectivity index (χ3n) is 2.12. The van der Waals surface area contributed by atoms with Gasteiger partial charge in [0.25, 0.3) is 0 Å². The van der Waals surface area contributed by atoms with E-state index in [2.05, 4.69) is 21.0 Å². The second-order valence-corrected chi connectivity index (χ2v) is 4.10. The molecule has 2 rings (SSSR count). The van der Waals surface area contributed by atoms with Gasteiger partial charge < -0.3 is 0 Å². The van der Waals surface area contributed by atoms with Crippen LogP contribution in [0.3, 0.4) is 0 Å². The molecule has 5 nitrogen and oxygen atoms in total. The summed E-state index contributed by atoms with van der Waals surface area (Å²) in [5, 5.41) is 14.4. The van der Waals surface area contributed by atoms with Gasteiger partial charge in [0.2, 0.25) is 0 Å². The lowest BCUT2D eigenvalue weighted by molar-refractivity contribution is -0.385. The highest BCUT2D eigenvalue weighted by Gasteiger charge is 2.09. The average Bonchev–Trinajstić information content (AvgIpc) is 2.70. The van der Waals surface area contributed by atoms with Crippen LogP contribution in [0.1, 0.15) is 5.56 Å². The number of nitro groups is 1. The molecule has 0 aliphatic carbocycles. The standard InChI is InChI=1S/C10H8BrN3O2/c11-10-4-2-1-3-8(10)6-13-7-9(5-12-13)14(15)16/h1-5,7H,6H2. The number of rotatable bonds is 3. The first-order chi connectivity index (χ1) is 7.66. The molecular formula is C10H8BrN3O2. The monoisotopic (exact) mass is 281 g/mol. The van der Waals surface area contributed by atoms with Crippen LogP contribution in [0.25, 0.3) is 0 Å². The molecule has 0 radical (unpaired) electrons. The lowest BCUT2D eigenvalue weighted by Gasteiger charge is -2.03. The molecule has 0 aliphatic heterocycles. The first kappa shape index (κ1) is 10.8. The van der Waals surface area contributed by atoms with Crippen molar-refractivity contribution in [1.29, 1.82) is 0 Å². The highest BCUT2D eigenvalue weighted by molar-refractivity contribution is 9.10. The van der Waals surface area contributed by atoms with E-state index in [0.717, 1.165) is 10.0 Å². The van der Waals surface area contributed by atoms with Gasteiger partial charge in [0.1, 0.15) is 12.4 Å². The van der Waals surface area contributed by atoms with Gasteiger partial charge in [-0.05, 0) is 11.6 Å². The summed E-state index contributed by atoms with van der Waals surface area (Å²) in [6, 6.07) is 7.70. The number of nitrogens with zero attached hydrogens (tertiary/aromatic N) is 3. The fourth-order valence-electron chi connectivity index (χ4n) is 1.33. The van der Waals surface area contributed by atoms with Crippen LogP contribution in [-0.2, 0) is 6.54 Å². The predicted molar refractivity (Wildman–Crippen MR) is 62.1 cm³/mol. The normalized spacial score (nSPS) is 10.3. The van der Waals surface area contributed by atoms with Crippen molar-refractivity contribution >= 4 is 21.6 Å². The lowest BCUT2D eigenvalue weighted by atomic mass is 10.2. The molecule has 6 heteroatoms. The quantitative estimate of drug-likeness (QED) is 0.642. The molecule has 0 bridgehead atoms. The summed E-state index contributed by atoms with van der Waals surface area (Å²) >= 11 is 3.41.